The fourth-order valence-corrected chi connectivity index (χ4v) is 4.16. The number of fused-ring (bicyclic) bond motifs is 1. The minimum absolute atomic E-state index is 0.140. The van der Waals surface area contributed by atoms with Gasteiger partial charge in [-0.1, -0.05) is 35.9 Å². The van der Waals surface area contributed by atoms with E-state index in [0.29, 0.717) is 16.2 Å². The molecule has 0 aliphatic carbocycles. The first-order valence-electron chi connectivity index (χ1n) is 7.02. The molecule has 2 aromatic carbocycles. The number of nitrogens with zero attached hydrogens (tertiary/aromatic N) is 1. The monoisotopic (exact) mass is 346 g/mol. The Hall–Kier alpha value is -2.11. The minimum atomic E-state index is -3.79. The predicted molar refractivity (Wildman–Crippen MR) is 93.5 cm³/mol. The van der Waals surface area contributed by atoms with Crippen LogP contribution in [0.5, 0.6) is 0 Å². The second-order valence-electron chi connectivity index (χ2n) is 5.37. The SMILES string of the molecule is Cc1cc(C)nc(NS(=O)(=O)c2cccc3cccc(Cl)c23)c1. The van der Waals surface area contributed by atoms with Crippen molar-refractivity contribution in [2.24, 2.45) is 0 Å². The highest BCUT2D eigenvalue weighted by Crippen LogP contribution is 2.30. The first-order valence-corrected chi connectivity index (χ1v) is 8.88. The summed E-state index contributed by atoms with van der Waals surface area (Å²) in [6, 6.07) is 13.9. The molecule has 0 saturated carbocycles. The van der Waals surface area contributed by atoms with Crippen molar-refractivity contribution in [3.8, 4) is 0 Å². The summed E-state index contributed by atoms with van der Waals surface area (Å²) in [5.74, 6) is 0.298. The summed E-state index contributed by atoms with van der Waals surface area (Å²) in [4.78, 5) is 4.36. The second kappa shape index (κ2) is 5.83. The molecule has 0 bridgehead atoms. The van der Waals surface area contributed by atoms with Gasteiger partial charge < -0.3 is 0 Å². The summed E-state index contributed by atoms with van der Waals surface area (Å²) in [7, 11) is -3.79. The van der Waals surface area contributed by atoms with Gasteiger partial charge in [-0.15, -0.1) is 0 Å². The Morgan fingerprint density at radius 3 is 2.43 bits per heavy atom. The van der Waals surface area contributed by atoms with Gasteiger partial charge in [0.1, 0.15) is 5.82 Å². The number of aryl methyl sites for hydroxylation is 2. The van der Waals surface area contributed by atoms with E-state index in [0.717, 1.165) is 16.6 Å². The van der Waals surface area contributed by atoms with Gasteiger partial charge in [0, 0.05) is 16.1 Å². The normalized spacial score (nSPS) is 11.6. The standard InChI is InChI=1S/C17H15ClN2O2S/c1-11-9-12(2)19-16(10-11)20-23(21,22)15-8-4-6-13-5-3-7-14(18)17(13)15/h3-10H,1-2H3,(H,19,20). The van der Waals surface area contributed by atoms with Crippen LogP contribution in [-0.4, -0.2) is 13.4 Å². The van der Waals surface area contributed by atoms with E-state index in [-0.39, 0.29) is 4.90 Å². The highest BCUT2D eigenvalue weighted by atomic mass is 35.5. The van der Waals surface area contributed by atoms with Crippen LogP contribution in [0.1, 0.15) is 11.3 Å². The molecule has 0 amide bonds. The number of rotatable bonds is 3. The molecule has 1 heterocycles. The molecular weight excluding hydrogens is 332 g/mol. The lowest BCUT2D eigenvalue weighted by atomic mass is 10.1. The van der Waals surface area contributed by atoms with Crippen LogP contribution in [0.25, 0.3) is 10.8 Å². The number of nitrogens with one attached hydrogen (secondary N) is 1. The van der Waals surface area contributed by atoms with E-state index in [1.165, 1.54) is 0 Å². The number of hydrogen-bond acceptors (Lipinski definition) is 3. The third-order valence-corrected chi connectivity index (χ3v) is 5.15. The third kappa shape index (κ3) is 3.16. The number of sulfonamides is 1. The van der Waals surface area contributed by atoms with Crippen LogP contribution in [0.3, 0.4) is 0 Å². The topological polar surface area (TPSA) is 59.1 Å². The molecule has 23 heavy (non-hydrogen) atoms. The Labute approximate surface area is 140 Å². The van der Waals surface area contributed by atoms with Crippen LogP contribution >= 0.6 is 11.6 Å². The lowest BCUT2D eigenvalue weighted by Crippen LogP contribution is -2.15. The van der Waals surface area contributed by atoms with E-state index in [4.69, 9.17) is 11.6 Å². The van der Waals surface area contributed by atoms with Crippen molar-refractivity contribution in [3.05, 3.63) is 64.8 Å². The minimum Gasteiger partial charge on any atom is -0.263 e. The van der Waals surface area contributed by atoms with E-state index in [2.05, 4.69) is 9.71 Å². The molecule has 0 unspecified atom stereocenters. The zero-order valence-corrected chi connectivity index (χ0v) is 14.2. The van der Waals surface area contributed by atoms with E-state index >= 15 is 0 Å². The number of pyridine rings is 1. The Morgan fingerprint density at radius 2 is 1.74 bits per heavy atom. The fraction of sp³-hybridized carbons (Fsp3) is 0.118. The lowest BCUT2D eigenvalue weighted by Gasteiger charge is -2.12. The van der Waals surface area contributed by atoms with Crippen LogP contribution in [0.4, 0.5) is 5.82 Å². The van der Waals surface area contributed by atoms with E-state index < -0.39 is 10.0 Å². The molecule has 0 spiro atoms. The zero-order valence-electron chi connectivity index (χ0n) is 12.7. The zero-order chi connectivity index (χ0) is 16.6. The molecule has 3 aromatic rings. The molecule has 1 aromatic heterocycles. The first kappa shape index (κ1) is 15.8. The number of benzene rings is 2. The van der Waals surface area contributed by atoms with Crippen LogP contribution in [-0.2, 0) is 10.0 Å². The Bertz CT molecular complexity index is 975. The van der Waals surface area contributed by atoms with E-state index in [1.807, 2.05) is 32.0 Å². The molecule has 3 rings (SSSR count). The highest BCUT2D eigenvalue weighted by Gasteiger charge is 2.19. The molecule has 118 valence electrons. The number of aromatic nitrogens is 1. The van der Waals surface area contributed by atoms with Crippen molar-refractivity contribution in [2.45, 2.75) is 18.7 Å². The van der Waals surface area contributed by atoms with Gasteiger partial charge >= 0.3 is 0 Å². The summed E-state index contributed by atoms with van der Waals surface area (Å²) < 4.78 is 28.1. The van der Waals surface area contributed by atoms with Gasteiger partial charge in [0.15, 0.2) is 0 Å². The van der Waals surface area contributed by atoms with E-state index in [1.54, 1.807) is 30.3 Å². The summed E-state index contributed by atoms with van der Waals surface area (Å²) in [5.41, 5.74) is 1.69. The van der Waals surface area contributed by atoms with Crippen LogP contribution in [0.2, 0.25) is 5.02 Å². The maximum absolute atomic E-state index is 12.8. The molecule has 0 radical (unpaired) electrons. The largest absolute Gasteiger partial charge is 0.263 e. The van der Waals surface area contributed by atoms with Gasteiger partial charge in [0.05, 0.1) is 4.90 Å². The van der Waals surface area contributed by atoms with Gasteiger partial charge in [0.25, 0.3) is 10.0 Å². The first-order chi connectivity index (χ1) is 10.9. The van der Waals surface area contributed by atoms with Crippen LogP contribution < -0.4 is 4.72 Å². The molecule has 6 heteroatoms. The molecule has 0 saturated heterocycles. The number of halogens is 1. The number of anilines is 1. The fourth-order valence-electron chi connectivity index (χ4n) is 2.57. The molecule has 4 nitrogen and oxygen atoms in total. The van der Waals surface area contributed by atoms with Crippen molar-refractivity contribution in [1.82, 2.24) is 4.98 Å². The summed E-state index contributed by atoms with van der Waals surface area (Å²) >= 11 is 6.21. The predicted octanol–water partition coefficient (Wildman–Crippen LogP) is 4.31. The van der Waals surface area contributed by atoms with Gasteiger partial charge in [-0.3, -0.25) is 4.72 Å². The number of hydrogen-bond donors (Lipinski definition) is 1. The molecular formula is C17H15ClN2O2S. The van der Waals surface area contributed by atoms with Crippen molar-refractivity contribution in [3.63, 3.8) is 0 Å². The van der Waals surface area contributed by atoms with Crippen molar-refractivity contribution in [1.29, 1.82) is 0 Å². The summed E-state index contributed by atoms with van der Waals surface area (Å²) in [6.45, 7) is 3.71. The molecule has 1 N–H and O–H groups in total. The van der Waals surface area contributed by atoms with Crippen LogP contribution in [0, 0.1) is 13.8 Å². The van der Waals surface area contributed by atoms with E-state index in [9.17, 15) is 8.42 Å². The molecule has 0 aliphatic rings. The molecule has 0 atom stereocenters. The summed E-state index contributed by atoms with van der Waals surface area (Å²) in [6.07, 6.45) is 0. The average Bonchev–Trinajstić information content (AvgIpc) is 2.45. The van der Waals surface area contributed by atoms with Crippen molar-refractivity contribution < 1.29 is 8.42 Å². The van der Waals surface area contributed by atoms with Gasteiger partial charge in [-0.05, 0) is 49.1 Å². The van der Waals surface area contributed by atoms with Gasteiger partial charge in [0.2, 0.25) is 0 Å². The van der Waals surface area contributed by atoms with Gasteiger partial charge in [-0.25, -0.2) is 13.4 Å². The highest BCUT2D eigenvalue weighted by molar-refractivity contribution is 7.93. The van der Waals surface area contributed by atoms with Crippen molar-refractivity contribution >= 4 is 38.2 Å². The Balaban J connectivity index is 2.14. The Kier molecular flexibility index (Phi) is 4.00. The van der Waals surface area contributed by atoms with Crippen molar-refractivity contribution in [2.75, 3.05) is 4.72 Å². The Morgan fingerprint density at radius 1 is 1.04 bits per heavy atom. The maximum Gasteiger partial charge on any atom is 0.263 e. The lowest BCUT2D eigenvalue weighted by molar-refractivity contribution is 0.602. The van der Waals surface area contributed by atoms with Crippen LogP contribution in [0.15, 0.2) is 53.4 Å². The second-order valence-corrected chi connectivity index (χ2v) is 7.43. The smallest absolute Gasteiger partial charge is 0.263 e. The molecule has 0 aliphatic heterocycles. The summed E-state index contributed by atoms with van der Waals surface area (Å²) in [5, 5.41) is 1.68. The maximum atomic E-state index is 12.8. The quantitative estimate of drug-likeness (QED) is 0.769. The average molecular weight is 347 g/mol. The molecule has 0 fully saturated rings. The third-order valence-electron chi connectivity index (χ3n) is 3.44. The van der Waals surface area contributed by atoms with Gasteiger partial charge in [-0.2, -0.15) is 0 Å².